The van der Waals surface area contributed by atoms with Gasteiger partial charge in [0.05, 0.1) is 17.1 Å². The van der Waals surface area contributed by atoms with E-state index in [1.54, 1.807) is 0 Å². The van der Waals surface area contributed by atoms with Gasteiger partial charge in [0.1, 0.15) is 6.17 Å². The van der Waals surface area contributed by atoms with Crippen LogP contribution in [0.15, 0.2) is 0 Å². The fraction of sp³-hybridized carbons (Fsp3) is 0.667. The number of nitrogens with zero attached hydrogens (tertiary/aromatic N) is 2. The molecule has 1 fully saturated rings. The highest BCUT2D eigenvalue weighted by Gasteiger charge is 2.26. The summed E-state index contributed by atoms with van der Waals surface area (Å²) in [6.45, 7) is 6.72. The Morgan fingerprint density at radius 3 is 2.82 bits per heavy atom. The predicted molar refractivity (Wildman–Crippen MR) is 67.7 cm³/mol. The van der Waals surface area contributed by atoms with Crippen molar-refractivity contribution in [2.75, 3.05) is 18.0 Å². The third kappa shape index (κ3) is 2.49. The van der Waals surface area contributed by atoms with E-state index in [2.05, 4.69) is 4.98 Å². The van der Waals surface area contributed by atoms with Crippen LogP contribution in [-0.2, 0) is 0 Å². The zero-order valence-corrected chi connectivity index (χ0v) is 11.2. The van der Waals surface area contributed by atoms with E-state index in [1.165, 1.54) is 11.3 Å². The van der Waals surface area contributed by atoms with E-state index >= 15 is 0 Å². The number of thiazole rings is 1. The number of hydrogen-bond donors (Lipinski definition) is 0. The lowest BCUT2D eigenvalue weighted by molar-refractivity contribution is 0.0942. The predicted octanol–water partition coefficient (Wildman–Crippen LogP) is 2.84. The number of aryl methyl sites for hydroxylation is 1. The van der Waals surface area contributed by atoms with E-state index < -0.39 is 6.17 Å². The van der Waals surface area contributed by atoms with Crippen molar-refractivity contribution in [3.05, 3.63) is 10.6 Å². The molecule has 1 saturated heterocycles. The molecule has 0 saturated carbocycles. The Kier molecular flexibility index (Phi) is 3.47. The lowest BCUT2D eigenvalue weighted by Crippen LogP contribution is -2.19. The van der Waals surface area contributed by atoms with Crippen LogP contribution in [0.25, 0.3) is 0 Å². The Hall–Kier alpha value is -0.970. The molecule has 1 aliphatic heterocycles. The maximum atomic E-state index is 13.1. The van der Waals surface area contributed by atoms with Gasteiger partial charge in [-0.1, -0.05) is 25.2 Å². The number of aromatic nitrogens is 1. The first kappa shape index (κ1) is 12.5. The van der Waals surface area contributed by atoms with Crippen LogP contribution in [0.5, 0.6) is 0 Å². The highest BCUT2D eigenvalue weighted by Crippen LogP contribution is 2.30. The number of alkyl halides is 1. The molecule has 94 valence electrons. The van der Waals surface area contributed by atoms with E-state index in [0.29, 0.717) is 19.5 Å². The van der Waals surface area contributed by atoms with Crippen LogP contribution in [0.1, 0.15) is 35.6 Å². The zero-order chi connectivity index (χ0) is 12.6. The topological polar surface area (TPSA) is 33.2 Å². The highest BCUT2D eigenvalue weighted by atomic mass is 32.1. The Balaban J connectivity index is 2.21. The molecule has 1 aromatic heterocycles. The van der Waals surface area contributed by atoms with E-state index in [4.69, 9.17) is 0 Å². The SMILES string of the molecule is Cc1nc(N2CC[C@@H](F)C2)sc1C(=O)C(C)C. The van der Waals surface area contributed by atoms with Crippen molar-refractivity contribution >= 4 is 22.3 Å². The lowest BCUT2D eigenvalue weighted by atomic mass is 10.1. The van der Waals surface area contributed by atoms with Gasteiger partial charge >= 0.3 is 0 Å². The molecule has 0 bridgehead atoms. The number of halogens is 1. The average Bonchev–Trinajstić information content (AvgIpc) is 2.83. The summed E-state index contributed by atoms with van der Waals surface area (Å²) in [6.07, 6.45) is -0.199. The maximum absolute atomic E-state index is 13.1. The van der Waals surface area contributed by atoms with Crippen LogP contribution >= 0.6 is 11.3 Å². The second kappa shape index (κ2) is 4.72. The zero-order valence-electron chi connectivity index (χ0n) is 10.4. The molecule has 5 heteroatoms. The Morgan fingerprint density at radius 2 is 2.29 bits per heavy atom. The van der Waals surface area contributed by atoms with Crippen LogP contribution in [0.4, 0.5) is 9.52 Å². The van der Waals surface area contributed by atoms with Gasteiger partial charge in [0.2, 0.25) is 0 Å². The van der Waals surface area contributed by atoms with Crippen molar-refractivity contribution < 1.29 is 9.18 Å². The molecule has 1 aromatic rings. The summed E-state index contributed by atoms with van der Waals surface area (Å²) in [4.78, 5) is 19.0. The monoisotopic (exact) mass is 256 g/mol. The summed E-state index contributed by atoms with van der Waals surface area (Å²) < 4.78 is 13.1. The molecule has 1 atom stereocenters. The molecule has 3 nitrogen and oxygen atoms in total. The van der Waals surface area contributed by atoms with E-state index in [0.717, 1.165) is 15.7 Å². The van der Waals surface area contributed by atoms with Gasteiger partial charge in [0, 0.05) is 12.5 Å². The normalized spacial score (nSPS) is 20.3. The van der Waals surface area contributed by atoms with Gasteiger partial charge in [0.15, 0.2) is 10.9 Å². The number of Topliss-reactive ketones (excluding diaryl/α,β-unsaturated/α-hetero) is 1. The Labute approximate surface area is 105 Å². The number of rotatable bonds is 3. The first-order chi connectivity index (χ1) is 7.99. The third-order valence-corrected chi connectivity index (χ3v) is 4.17. The third-order valence-electron chi connectivity index (χ3n) is 2.93. The molecule has 2 heterocycles. The first-order valence-corrected chi connectivity index (χ1v) is 6.71. The fourth-order valence-corrected chi connectivity index (χ4v) is 3.09. The highest BCUT2D eigenvalue weighted by molar-refractivity contribution is 7.17. The minimum Gasteiger partial charge on any atom is -0.345 e. The van der Waals surface area contributed by atoms with Gasteiger partial charge in [-0.25, -0.2) is 9.37 Å². The summed E-state index contributed by atoms with van der Waals surface area (Å²) in [5, 5.41) is 0.784. The number of carbonyl (C=O) groups is 1. The maximum Gasteiger partial charge on any atom is 0.186 e. The summed E-state index contributed by atoms with van der Waals surface area (Å²) in [6, 6.07) is 0. The summed E-state index contributed by atoms with van der Waals surface area (Å²) in [5.41, 5.74) is 0.769. The summed E-state index contributed by atoms with van der Waals surface area (Å²) >= 11 is 1.39. The molecule has 0 aromatic carbocycles. The van der Waals surface area contributed by atoms with Gasteiger partial charge in [-0.05, 0) is 13.3 Å². The molecular formula is C12H17FN2OS. The molecule has 0 radical (unpaired) electrons. The standard InChI is InChI=1S/C12H17FN2OS/c1-7(2)10(16)11-8(3)14-12(17-11)15-5-4-9(13)6-15/h7,9H,4-6H2,1-3H3/t9-/m1/s1. The van der Waals surface area contributed by atoms with Gasteiger partial charge in [0.25, 0.3) is 0 Å². The second-order valence-electron chi connectivity index (χ2n) is 4.76. The van der Waals surface area contributed by atoms with Crippen LogP contribution in [-0.4, -0.2) is 30.0 Å². The van der Waals surface area contributed by atoms with Gasteiger partial charge in [-0.3, -0.25) is 4.79 Å². The van der Waals surface area contributed by atoms with Gasteiger partial charge < -0.3 is 4.90 Å². The summed E-state index contributed by atoms with van der Waals surface area (Å²) in [7, 11) is 0. The largest absolute Gasteiger partial charge is 0.345 e. The molecule has 1 aliphatic rings. The van der Waals surface area contributed by atoms with Crippen LogP contribution in [0.3, 0.4) is 0 Å². The fourth-order valence-electron chi connectivity index (χ4n) is 1.90. The van der Waals surface area contributed by atoms with Crippen molar-refractivity contribution in [3.63, 3.8) is 0 Å². The molecule has 0 aliphatic carbocycles. The van der Waals surface area contributed by atoms with Crippen LogP contribution in [0, 0.1) is 12.8 Å². The Morgan fingerprint density at radius 1 is 1.59 bits per heavy atom. The first-order valence-electron chi connectivity index (χ1n) is 5.89. The minimum absolute atomic E-state index is 0.0190. The molecule has 0 unspecified atom stereocenters. The number of ketones is 1. The average molecular weight is 256 g/mol. The smallest absolute Gasteiger partial charge is 0.186 e. The van der Waals surface area contributed by atoms with Crippen molar-refractivity contribution in [2.45, 2.75) is 33.4 Å². The van der Waals surface area contributed by atoms with Crippen molar-refractivity contribution in [3.8, 4) is 0 Å². The number of anilines is 1. The number of carbonyl (C=O) groups excluding carboxylic acids is 1. The van der Waals surface area contributed by atoms with E-state index in [9.17, 15) is 9.18 Å². The molecule has 2 rings (SSSR count). The summed E-state index contributed by atoms with van der Waals surface area (Å²) in [5.74, 6) is 0.108. The van der Waals surface area contributed by atoms with E-state index in [-0.39, 0.29) is 11.7 Å². The minimum atomic E-state index is -0.761. The Bertz CT molecular complexity index is 430. The second-order valence-corrected chi connectivity index (χ2v) is 5.74. The van der Waals surface area contributed by atoms with Crippen molar-refractivity contribution in [1.29, 1.82) is 0 Å². The van der Waals surface area contributed by atoms with Gasteiger partial charge in [-0.15, -0.1) is 0 Å². The lowest BCUT2D eigenvalue weighted by Gasteiger charge is -2.12. The molecule has 0 spiro atoms. The van der Waals surface area contributed by atoms with E-state index in [1.807, 2.05) is 25.7 Å². The molecular weight excluding hydrogens is 239 g/mol. The molecule has 17 heavy (non-hydrogen) atoms. The van der Waals surface area contributed by atoms with Crippen molar-refractivity contribution in [1.82, 2.24) is 4.98 Å². The quantitative estimate of drug-likeness (QED) is 0.780. The molecule has 0 N–H and O–H groups in total. The molecule has 0 amide bonds. The van der Waals surface area contributed by atoms with Crippen molar-refractivity contribution in [2.24, 2.45) is 5.92 Å². The number of hydrogen-bond acceptors (Lipinski definition) is 4. The van der Waals surface area contributed by atoms with Crippen LogP contribution < -0.4 is 4.90 Å². The van der Waals surface area contributed by atoms with Crippen LogP contribution in [0.2, 0.25) is 0 Å². The van der Waals surface area contributed by atoms with Gasteiger partial charge in [-0.2, -0.15) is 0 Å².